The van der Waals surface area contributed by atoms with E-state index in [1.54, 1.807) is 0 Å². The second-order valence-corrected chi connectivity index (χ2v) is 5.31. The monoisotopic (exact) mass is 272 g/mol. The SMILES string of the molecule is CCCCCCCCC(CCCC)(C(=O)O)C(=O)O. The van der Waals surface area contributed by atoms with E-state index in [0.29, 0.717) is 12.8 Å². The zero-order chi connectivity index (χ0) is 14.7. The van der Waals surface area contributed by atoms with Gasteiger partial charge in [-0.25, -0.2) is 0 Å². The maximum Gasteiger partial charge on any atom is 0.321 e. The van der Waals surface area contributed by atoms with Gasteiger partial charge in [0.15, 0.2) is 5.41 Å². The lowest BCUT2D eigenvalue weighted by molar-refractivity contribution is -0.166. The van der Waals surface area contributed by atoms with Crippen molar-refractivity contribution in [1.82, 2.24) is 0 Å². The first-order valence-corrected chi connectivity index (χ1v) is 7.48. The molecule has 0 aromatic heterocycles. The highest BCUT2D eigenvalue weighted by molar-refractivity contribution is 5.98. The summed E-state index contributed by atoms with van der Waals surface area (Å²) in [5, 5.41) is 18.6. The molecule has 4 heteroatoms. The minimum atomic E-state index is -1.57. The summed E-state index contributed by atoms with van der Waals surface area (Å²) in [6.45, 7) is 4.09. The number of carboxylic acid groups (broad SMARTS) is 2. The van der Waals surface area contributed by atoms with Crippen molar-refractivity contribution in [2.75, 3.05) is 0 Å². The quantitative estimate of drug-likeness (QED) is 0.414. The molecule has 0 bridgehead atoms. The van der Waals surface area contributed by atoms with Crippen LogP contribution in [0.1, 0.15) is 78.1 Å². The average Bonchev–Trinajstić information content (AvgIpc) is 2.36. The van der Waals surface area contributed by atoms with E-state index in [9.17, 15) is 19.8 Å². The Kier molecular flexibility index (Phi) is 9.27. The molecular weight excluding hydrogens is 244 g/mol. The van der Waals surface area contributed by atoms with Crippen LogP contribution in [0.25, 0.3) is 0 Å². The molecule has 0 spiro atoms. The molecular formula is C15H28O4. The van der Waals surface area contributed by atoms with Gasteiger partial charge in [0.05, 0.1) is 0 Å². The Morgan fingerprint density at radius 2 is 1.16 bits per heavy atom. The molecule has 4 nitrogen and oxygen atoms in total. The summed E-state index contributed by atoms with van der Waals surface area (Å²) in [7, 11) is 0. The van der Waals surface area contributed by atoms with Crippen molar-refractivity contribution in [3.63, 3.8) is 0 Å². The van der Waals surface area contributed by atoms with Crippen molar-refractivity contribution in [2.45, 2.75) is 78.1 Å². The van der Waals surface area contributed by atoms with E-state index in [-0.39, 0.29) is 12.8 Å². The molecule has 0 saturated carbocycles. The molecule has 0 radical (unpaired) electrons. The Balaban J connectivity index is 4.33. The maximum atomic E-state index is 11.4. The summed E-state index contributed by atoms with van der Waals surface area (Å²) < 4.78 is 0. The van der Waals surface area contributed by atoms with Crippen LogP contribution in [0.15, 0.2) is 0 Å². The molecule has 0 fully saturated rings. The fourth-order valence-corrected chi connectivity index (χ4v) is 2.33. The van der Waals surface area contributed by atoms with Crippen molar-refractivity contribution in [3.05, 3.63) is 0 Å². The highest BCUT2D eigenvalue weighted by Gasteiger charge is 2.45. The lowest BCUT2D eigenvalue weighted by Crippen LogP contribution is -2.39. The smallest absolute Gasteiger partial charge is 0.321 e. The first-order valence-electron chi connectivity index (χ1n) is 7.48. The Bertz CT molecular complexity index is 259. The molecule has 0 aromatic rings. The summed E-state index contributed by atoms with van der Waals surface area (Å²) in [5.74, 6) is -2.36. The standard InChI is InChI=1S/C15H28O4/c1-3-5-7-8-9-10-12-15(13(16)17,14(18)19)11-6-4-2/h3-12H2,1-2H3,(H,16,17)(H,18,19). The lowest BCUT2D eigenvalue weighted by atomic mass is 9.78. The number of rotatable bonds is 12. The van der Waals surface area contributed by atoms with Crippen LogP contribution in [-0.2, 0) is 9.59 Å². The van der Waals surface area contributed by atoms with E-state index in [1.807, 2.05) is 6.92 Å². The third-order valence-corrected chi connectivity index (χ3v) is 3.73. The number of unbranched alkanes of at least 4 members (excludes halogenated alkanes) is 6. The first kappa shape index (κ1) is 17.9. The molecule has 0 aliphatic heterocycles. The van der Waals surface area contributed by atoms with E-state index < -0.39 is 17.4 Å². The van der Waals surface area contributed by atoms with Crippen LogP contribution in [0.4, 0.5) is 0 Å². The second-order valence-electron chi connectivity index (χ2n) is 5.31. The Morgan fingerprint density at radius 3 is 1.63 bits per heavy atom. The van der Waals surface area contributed by atoms with Crippen molar-refractivity contribution in [1.29, 1.82) is 0 Å². The summed E-state index contributed by atoms with van der Waals surface area (Å²) >= 11 is 0. The molecule has 0 aromatic carbocycles. The normalized spacial score (nSPS) is 11.5. The van der Waals surface area contributed by atoms with Crippen LogP contribution in [0.3, 0.4) is 0 Å². The molecule has 0 saturated heterocycles. The molecule has 2 N–H and O–H groups in total. The number of hydrogen-bond donors (Lipinski definition) is 2. The fraction of sp³-hybridized carbons (Fsp3) is 0.867. The van der Waals surface area contributed by atoms with Gasteiger partial charge in [-0.15, -0.1) is 0 Å². The van der Waals surface area contributed by atoms with Gasteiger partial charge < -0.3 is 10.2 Å². The molecule has 0 unspecified atom stereocenters. The molecule has 19 heavy (non-hydrogen) atoms. The number of aliphatic carboxylic acids is 2. The van der Waals surface area contributed by atoms with Gasteiger partial charge in [-0.3, -0.25) is 9.59 Å². The third-order valence-electron chi connectivity index (χ3n) is 3.73. The number of carboxylic acids is 2. The number of carbonyl (C=O) groups is 2. The highest BCUT2D eigenvalue weighted by Crippen LogP contribution is 2.32. The minimum absolute atomic E-state index is 0.239. The average molecular weight is 272 g/mol. The lowest BCUT2D eigenvalue weighted by Gasteiger charge is -2.24. The fourth-order valence-electron chi connectivity index (χ4n) is 2.33. The molecule has 0 amide bonds. The second kappa shape index (κ2) is 9.82. The topological polar surface area (TPSA) is 74.6 Å². The van der Waals surface area contributed by atoms with E-state index >= 15 is 0 Å². The van der Waals surface area contributed by atoms with Gasteiger partial charge >= 0.3 is 11.9 Å². The first-order chi connectivity index (χ1) is 9.01. The van der Waals surface area contributed by atoms with E-state index in [0.717, 1.165) is 25.7 Å². The zero-order valence-corrected chi connectivity index (χ0v) is 12.3. The highest BCUT2D eigenvalue weighted by atomic mass is 16.4. The van der Waals surface area contributed by atoms with Gasteiger partial charge in [-0.05, 0) is 12.8 Å². The third kappa shape index (κ3) is 6.08. The predicted octanol–water partition coefficient (Wildman–Crippen LogP) is 4.08. The van der Waals surface area contributed by atoms with Crippen LogP contribution in [0.5, 0.6) is 0 Å². The van der Waals surface area contributed by atoms with Crippen molar-refractivity contribution in [2.24, 2.45) is 5.41 Å². The largest absolute Gasteiger partial charge is 0.480 e. The van der Waals surface area contributed by atoms with Crippen LogP contribution in [-0.4, -0.2) is 22.2 Å². The Labute approximate surface area is 116 Å². The molecule has 112 valence electrons. The van der Waals surface area contributed by atoms with Crippen molar-refractivity contribution >= 4 is 11.9 Å². The van der Waals surface area contributed by atoms with Crippen molar-refractivity contribution in [3.8, 4) is 0 Å². The summed E-state index contributed by atoms with van der Waals surface area (Å²) in [4.78, 5) is 22.7. The molecule has 0 heterocycles. The van der Waals surface area contributed by atoms with Crippen LogP contribution >= 0.6 is 0 Å². The van der Waals surface area contributed by atoms with Crippen LogP contribution in [0.2, 0.25) is 0 Å². The van der Waals surface area contributed by atoms with Gasteiger partial charge in [0, 0.05) is 0 Å². The van der Waals surface area contributed by atoms with E-state index in [4.69, 9.17) is 0 Å². The van der Waals surface area contributed by atoms with E-state index in [1.165, 1.54) is 12.8 Å². The van der Waals surface area contributed by atoms with Gasteiger partial charge in [0.25, 0.3) is 0 Å². The Morgan fingerprint density at radius 1 is 0.737 bits per heavy atom. The Hall–Kier alpha value is -1.06. The van der Waals surface area contributed by atoms with Gasteiger partial charge in [0.1, 0.15) is 0 Å². The summed E-state index contributed by atoms with van der Waals surface area (Å²) in [6.07, 6.45) is 8.15. The minimum Gasteiger partial charge on any atom is -0.480 e. The van der Waals surface area contributed by atoms with Gasteiger partial charge in [0.2, 0.25) is 0 Å². The zero-order valence-electron chi connectivity index (χ0n) is 12.3. The molecule has 0 aliphatic carbocycles. The molecule has 0 atom stereocenters. The van der Waals surface area contributed by atoms with E-state index in [2.05, 4.69) is 6.92 Å². The molecule has 0 rings (SSSR count). The molecule has 0 aliphatic rings. The summed E-state index contributed by atoms with van der Waals surface area (Å²) in [6, 6.07) is 0. The van der Waals surface area contributed by atoms with Crippen LogP contribution in [0, 0.1) is 5.41 Å². The maximum absolute atomic E-state index is 11.4. The van der Waals surface area contributed by atoms with Crippen molar-refractivity contribution < 1.29 is 19.8 Å². The number of hydrogen-bond acceptors (Lipinski definition) is 2. The predicted molar refractivity (Wildman–Crippen MR) is 75.2 cm³/mol. The van der Waals surface area contributed by atoms with Gasteiger partial charge in [-0.1, -0.05) is 65.2 Å². The van der Waals surface area contributed by atoms with Crippen LogP contribution < -0.4 is 0 Å². The van der Waals surface area contributed by atoms with Gasteiger partial charge in [-0.2, -0.15) is 0 Å². The summed E-state index contributed by atoms with van der Waals surface area (Å²) in [5.41, 5.74) is -1.57.